The van der Waals surface area contributed by atoms with Crippen LogP contribution >= 0.6 is 11.3 Å². The van der Waals surface area contributed by atoms with E-state index in [-0.39, 0.29) is 4.34 Å². The van der Waals surface area contributed by atoms with Crippen molar-refractivity contribution in [2.45, 2.75) is 24.1 Å². The lowest BCUT2D eigenvalue weighted by Gasteiger charge is -2.06. The number of amides is 1. The maximum absolute atomic E-state index is 11.5. The van der Waals surface area contributed by atoms with E-state index in [1.807, 2.05) is 6.92 Å². The molecule has 0 bridgehead atoms. The number of thiazole rings is 1. The van der Waals surface area contributed by atoms with Gasteiger partial charge < -0.3 is 4.74 Å². The summed E-state index contributed by atoms with van der Waals surface area (Å²) < 4.78 is 28.7. The molecule has 114 valence electrons. The molecule has 1 N–H and O–H groups in total. The van der Waals surface area contributed by atoms with E-state index in [2.05, 4.69) is 10.3 Å². The summed E-state index contributed by atoms with van der Waals surface area (Å²) in [6.07, 6.45) is 2.37. The van der Waals surface area contributed by atoms with Crippen LogP contribution in [0.4, 0.5) is 10.5 Å². The first kappa shape index (κ1) is 15.7. The topological polar surface area (TPSA) is 85.4 Å². The summed E-state index contributed by atoms with van der Waals surface area (Å²) in [5.41, 5.74) is 1.14. The highest BCUT2D eigenvalue weighted by atomic mass is 32.2. The molecule has 1 heterocycles. The Morgan fingerprint density at radius 1 is 1.43 bits per heavy atom. The number of unbranched alkanes of at least 4 members (excludes halogenated alkanes) is 1. The SMILES string of the molecule is CCCCOC(=O)Nc1ccc2nc(S(C)(=O)=O)sc2c1. The molecule has 0 atom stereocenters. The number of fused-ring (bicyclic) bond motifs is 1. The molecular weight excluding hydrogens is 312 g/mol. The molecule has 1 amide bonds. The Balaban J connectivity index is 2.14. The highest BCUT2D eigenvalue weighted by Gasteiger charge is 2.14. The van der Waals surface area contributed by atoms with Crippen LogP contribution in [-0.2, 0) is 14.6 Å². The van der Waals surface area contributed by atoms with Gasteiger partial charge in [0.1, 0.15) is 0 Å². The van der Waals surface area contributed by atoms with Crippen LogP contribution in [0, 0.1) is 0 Å². The lowest BCUT2D eigenvalue weighted by atomic mass is 10.3. The molecule has 21 heavy (non-hydrogen) atoms. The first-order valence-corrected chi connectivity index (χ1v) is 9.15. The maximum atomic E-state index is 11.5. The molecule has 0 saturated heterocycles. The minimum absolute atomic E-state index is 0.0696. The summed E-state index contributed by atoms with van der Waals surface area (Å²) in [6.45, 7) is 2.39. The number of ether oxygens (including phenoxy) is 1. The second-order valence-corrected chi connectivity index (χ2v) is 7.77. The fraction of sp³-hybridized carbons (Fsp3) is 0.385. The average molecular weight is 328 g/mol. The van der Waals surface area contributed by atoms with Gasteiger partial charge in [-0.1, -0.05) is 13.3 Å². The van der Waals surface area contributed by atoms with Gasteiger partial charge in [0.05, 0.1) is 16.8 Å². The van der Waals surface area contributed by atoms with E-state index in [1.165, 1.54) is 0 Å². The predicted molar refractivity (Wildman–Crippen MR) is 82.6 cm³/mol. The number of carbonyl (C=O) groups excluding carboxylic acids is 1. The molecule has 8 heteroatoms. The molecule has 0 radical (unpaired) electrons. The van der Waals surface area contributed by atoms with Crippen molar-refractivity contribution in [1.82, 2.24) is 4.98 Å². The van der Waals surface area contributed by atoms with Crippen LogP contribution in [0.2, 0.25) is 0 Å². The van der Waals surface area contributed by atoms with Crippen LogP contribution in [0.1, 0.15) is 19.8 Å². The highest BCUT2D eigenvalue weighted by Crippen LogP contribution is 2.27. The van der Waals surface area contributed by atoms with Gasteiger partial charge in [-0.25, -0.2) is 18.2 Å². The average Bonchev–Trinajstić information content (AvgIpc) is 2.82. The zero-order valence-corrected chi connectivity index (χ0v) is 13.4. The minimum atomic E-state index is -3.32. The number of benzene rings is 1. The Labute approximate surface area is 127 Å². The number of carbonyl (C=O) groups is 1. The van der Waals surface area contributed by atoms with E-state index in [0.29, 0.717) is 22.5 Å². The molecule has 0 aliphatic carbocycles. The molecule has 2 rings (SSSR count). The third-order valence-corrected chi connectivity index (χ3v) is 5.36. The van der Waals surface area contributed by atoms with E-state index < -0.39 is 15.9 Å². The van der Waals surface area contributed by atoms with Crippen LogP contribution < -0.4 is 5.32 Å². The lowest BCUT2D eigenvalue weighted by molar-refractivity contribution is 0.160. The van der Waals surface area contributed by atoms with E-state index in [0.717, 1.165) is 30.4 Å². The number of sulfone groups is 1. The molecule has 0 unspecified atom stereocenters. The van der Waals surface area contributed by atoms with Gasteiger partial charge in [0.25, 0.3) is 0 Å². The van der Waals surface area contributed by atoms with Crippen molar-refractivity contribution in [3.8, 4) is 0 Å². The van der Waals surface area contributed by atoms with Crippen molar-refractivity contribution in [3.63, 3.8) is 0 Å². The largest absolute Gasteiger partial charge is 0.449 e. The van der Waals surface area contributed by atoms with Crippen molar-refractivity contribution in [2.75, 3.05) is 18.2 Å². The van der Waals surface area contributed by atoms with Crippen LogP contribution in [0.5, 0.6) is 0 Å². The second-order valence-electron chi connectivity index (χ2n) is 4.55. The van der Waals surface area contributed by atoms with Crippen molar-refractivity contribution < 1.29 is 17.9 Å². The van der Waals surface area contributed by atoms with E-state index in [1.54, 1.807) is 18.2 Å². The summed E-state index contributed by atoms with van der Waals surface area (Å²) in [5.74, 6) is 0. The van der Waals surface area contributed by atoms with Crippen LogP contribution in [0.25, 0.3) is 10.2 Å². The molecule has 0 saturated carbocycles. The zero-order valence-electron chi connectivity index (χ0n) is 11.8. The fourth-order valence-electron chi connectivity index (χ4n) is 1.60. The Kier molecular flexibility index (Phi) is 4.79. The van der Waals surface area contributed by atoms with E-state index in [4.69, 9.17) is 4.74 Å². The molecule has 2 aromatic rings. The van der Waals surface area contributed by atoms with Crippen molar-refractivity contribution in [1.29, 1.82) is 0 Å². The van der Waals surface area contributed by atoms with Crippen molar-refractivity contribution >= 4 is 43.2 Å². The first-order valence-electron chi connectivity index (χ1n) is 6.44. The lowest BCUT2D eigenvalue weighted by Crippen LogP contribution is -2.14. The number of nitrogens with one attached hydrogen (secondary N) is 1. The maximum Gasteiger partial charge on any atom is 0.411 e. The molecule has 1 aromatic heterocycles. The number of anilines is 1. The Morgan fingerprint density at radius 2 is 2.19 bits per heavy atom. The van der Waals surface area contributed by atoms with Crippen LogP contribution in [-0.4, -0.2) is 32.4 Å². The third kappa shape index (κ3) is 4.15. The monoisotopic (exact) mass is 328 g/mol. The predicted octanol–water partition coefficient (Wildman–Crippen LogP) is 3.05. The van der Waals surface area contributed by atoms with Crippen LogP contribution in [0.15, 0.2) is 22.5 Å². The Morgan fingerprint density at radius 3 is 2.86 bits per heavy atom. The van der Waals surface area contributed by atoms with Gasteiger partial charge in [-0.2, -0.15) is 0 Å². The standard InChI is InChI=1S/C13H16N2O4S2/c1-3-4-7-19-12(16)14-9-5-6-10-11(8-9)20-13(15-10)21(2,17)18/h5-6,8H,3-4,7H2,1-2H3,(H,14,16). The summed E-state index contributed by atoms with van der Waals surface area (Å²) >= 11 is 1.08. The summed E-state index contributed by atoms with van der Waals surface area (Å²) in [7, 11) is -3.32. The van der Waals surface area contributed by atoms with Gasteiger partial charge in [-0.05, 0) is 24.6 Å². The van der Waals surface area contributed by atoms with Crippen molar-refractivity contribution in [2.24, 2.45) is 0 Å². The summed E-state index contributed by atoms with van der Waals surface area (Å²) in [4.78, 5) is 15.6. The Hall–Kier alpha value is -1.67. The smallest absolute Gasteiger partial charge is 0.411 e. The number of hydrogen-bond acceptors (Lipinski definition) is 6. The molecule has 0 fully saturated rings. The number of aromatic nitrogens is 1. The molecular formula is C13H16N2O4S2. The molecule has 1 aromatic carbocycles. The minimum Gasteiger partial charge on any atom is -0.449 e. The number of nitrogens with zero attached hydrogens (tertiary/aromatic N) is 1. The summed E-state index contributed by atoms with van der Waals surface area (Å²) in [5, 5.41) is 2.61. The molecule has 0 spiro atoms. The highest BCUT2D eigenvalue weighted by molar-refractivity contribution is 7.92. The van der Waals surface area contributed by atoms with Gasteiger partial charge in [-0.15, -0.1) is 11.3 Å². The normalized spacial score (nSPS) is 11.5. The quantitative estimate of drug-likeness (QED) is 0.853. The molecule has 6 nitrogen and oxygen atoms in total. The third-order valence-electron chi connectivity index (χ3n) is 2.66. The van der Waals surface area contributed by atoms with E-state index >= 15 is 0 Å². The Bertz CT molecular complexity index is 753. The van der Waals surface area contributed by atoms with E-state index in [9.17, 15) is 13.2 Å². The molecule has 0 aliphatic rings. The summed E-state index contributed by atoms with van der Waals surface area (Å²) in [6, 6.07) is 5.01. The van der Waals surface area contributed by atoms with Crippen molar-refractivity contribution in [3.05, 3.63) is 18.2 Å². The van der Waals surface area contributed by atoms with Gasteiger partial charge >= 0.3 is 6.09 Å². The zero-order chi connectivity index (χ0) is 15.5. The second kappa shape index (κ2) is 6.40. The van der Waals surface area contributed by atoms with Gasteiger partial charge in [0.15, 0.2) is 0 Å². The van der Waals surface area contributed by atoms with Gasteiger partial charge in [0, 0.05) is 11.9 Å². The molecule has 0 aliphatic heterocycles. The fourth-order valence-corrected chi connectivity index (χ4v) is 3.48. The van der Waals surface area contributed by atoms with Gasteiger partial charge in [-0.3, -0.25) is 5.32 Å². The van der Waals surface area contributed by atoms with Crippen LogP contribution in [0.3, 0.4) is 0 Å². The van der Waals surface area contributed by atoms with Gasteiger partial charge in [0.2, 0.25) is 14.2 Å². The number of rotatable bonds is 5. The first-order chi connectivity index (χ1) is 9.90. The number of hydrogen-bond donors (Lipinski definition) is 1.